The highest BCUT2D eigenvalue weighted by atomic mass is 16.2. The van der Waals surface area contributed by atoms with Gasteiger partial charge in [-0.3, -0.25) is 29.4 Å². The van der Waals surface area contributed by atoms with E-state index in [2.05, 4.69) is 29.7 Å². The van der Waals surface area contributed by atoms with Gasteiger partial charge in [0.1, 0.15) is 6.04 Å². The van der Waals surface area contributed by atoms with Crippen molar-refractivity contribution in [2.24, 2.45) is 0 Å². The summed E-state index contributed by atoms with van der Waals surface area (Å²) in [5, 5.41) is 5.44. The molecule has 0 radical (unpaired) electrons. The Bertz CT molecular complexity index is 1010. The Morgan fingerprint density at radius 1 is 1.00 bits per heavy atom. The normalized spacial score (nSPS) is 18.7. The van der Waals surface area contributed by atoms with Crippen LogP contribution in [0.25, 0.3) is 0 Å². The lowest BCUT2D eigenvalue weighted by molar-refractivity contribution is -0.136. The number of aryl methyl sites for hydroxylation is 1. The number of piperidine rings is 1. The first-order chi connectivity index (χ1) is 14.0. The lowest BCUT2D eigenvalue weighted by Crippen LogP contribution is -2.54. The van der Waals surface area contributed by atoms with Gasteiger partial charge < -0.3 is 5.32 Å². The van der Waals surface area contributed by atoms with E-state index in [1.54, 1.807) is 18.2 Å². The first-order valence-corrected chi connectivity index (χ1v) is 9.66. The van der Waals surface area contributed by atoms with Crippen molar-refractivity contribution in [3.05, 3.63) is 64.7 Å². The molecule has 2 heterocycles. The molecule has 2 N–H and O–H groups in total. The lowest BCUT2D eigenvalue weighted by Gasteiger charge is -2.27. The molecule has 0 unspecified atom stereocenters. The molecule has 2 aliphatic rings. The van der Waals surface area contributed by atoms with Crippen LogP contribution in [0.4, 0.5) is 5.69 Å². The summed E-state index contributed by atoms with van der Waals surface area (Å²) < 4.78 is 0. The van der Waals surface area contributed by atoms with Crippen molar-refractivity contribution in [2.45, 2.75) is 38.8 Å². The molecule has 1 fully saturated rings. The van der Waals surface area contributed by atoms with E-state index in [-0.39, 0.29) is 29.9 Å². The fourth-order valence-electron chi connectivity index (χ4n) is 3.75. The summed E-state index contributed by atoms with van der Waals surface area (Å²) in [4.78, 5) is 50.5. The van der Waals surface area contributed by atoms with Gasteiger partial charge in [0.05, 0.1) is 11.1 Å². The molecule has 0 spiro atoms. The third kappa shape index (κ3) is 3.40. The molecule has 2 aromatic carbocycles. The van der Waals surface area contributed by atoms with Crippen molar-refractivity contribution in [1.29, 1.82) is 0 Å². The number of rotatable bonds is 5. The SMILES string of the molecule is CCc1ccc(CNc2cccc3c2C(=O)N([C@H]2CCC(=O)NC2=O)C3=O)cc1. The Hall–Kier alpha value is -3.48. The Morgan fingerprint density at radius 2 is 1.72 bits per heavy atom. The smallest absolute Gasteiger partial charge is 0.264 e. The predicted octanol–water partition coefficient (Wildman–Crippen LogP) is 2.26. The van der Waals surface area contributed by atoms with Crippen molar-refractivity contribution in [2.75, 3.05) is 5.32 Å². The van der Waals surface area contributed by atoms with Crippen LogP contribution in [-0.4, -0.2) is 34.6 Å². The molecule has 7 heteroatoms. The highest BCUT2D eigenvalue weighted by molar-refractivity contribution is 6.25. The molecule has 2 aromatic rings. The van der Waals surface area contributed by atoms with Crippen molar-refractivity contribution in [3.63, 3.8) is 0 Å². The van der Waals surface area contributed by atoms with E-state index in [1.165, 1.54) is 5.56 Å². The van der Waals surface area contributed by atoms with Crippen LogP contribution in [-0.2, 0) is 22.6 Å². The number of imide groups is 2. The van der Waals surface area contributed by atoms with Crippen LogP contribution < -0.4 is 10.6 Å². The predicted molar refractivity (Wildman–Crippen MR) is 106 cm³/mol. The standard InChI is InChI=1S/C22H21N3O4/c1-2-13-6-8-14(9-7-13)12-23-16-5-3-4-15-19(16)22(29)25(21(15)28)17-10-11-18(26)24-20(17)27/h3-9,17,23H,2,10-12H2,1H3,(H,24,26,27)/t17-/m0/s1. The average Bonchev–Trinajstić information content (AvgIpc) is 2.98. The molecule has 29 heavy (non-hydrogen) atoms. The van der Waals surface area contributed by atoms with Gasteiger partial charge in [0.25, 0.3) is 11.8 Å². The molecule has 7 nitrogen and oxygen atoms in total. The minimum Gasteiger partial charge on any atom is -0.380 e. The van der Waals surface area contributed by atoms with Gasteiger partial charge in [-0.25, -0.2) is 0 Å². The Kier molecular flexibility index (Phi) is 4.88. The second-order valence-corrected chi connectivity index (χ2v) is 7.20. The van der Waals surface area contributed by atoms with Crippen LogP contribution in [0.1, 0.15) is 51.6 Å². The maximum atomic E-state index is 13.0. The molecule has 4 rings (SSSR count). The minimum absolute atomic E-state index is 0.0999. The number of amides is 4. The molecular weight excluding hydrogens is 370 g/mol. The second kappa shape index (κ2) is 7.50. The highest BCUT2D eigenvalue weighted by Gasteiger charge is 2.45. The first kappa shape index (κ1) is 18.9. The topological polar surface area (TPSA) is 95.6 Å². The monoisotopic (exact) mass is 391 g/mol. The average molecular weight is 391 g/mol. The van der Waals surface area contributed by atoms with E-state index in [1.807, 2.05) is 12.1 Å². The lowest BCUT2D eigenvalue weighted by atomic mass is 10.0. The summed E-state index contributed by atoms with van der Waals surface area (Å²) in [7, 11) is 0. The number of nitrogens with one attached hydrogen (secondary N) is 2. The summed E-state index contributed by atoms with van der Waals surface area (Å²) >= 11 is 0. The maximum Gasteiger partial charge on any atom is 0.264 e. The summed E-state index contributed by atoms with van der Waals surface area (Å²) in [5.41, 5.74) is 3.39. The summed E-state index contributed by atoms with van der Waals surface area (Å²) in [6.45, 7) is 2.59. The quantitative estimate of drug-likeness (QED) is 0.763. The molecule has 148 valence electrons. The molecular formula is C22H21N3O4. The van der Waals surface area contributed by atoms with Crippen molar-refractivity contribution in [3.8, 4) is 0 Å². The number of fused-ring (bicyclic) bond motifs is 1. The molecule has 0 saturated carbocycles. The number of carbonyl (C=O) groups excluding carboxylic acids is 4. The zero-order chi connectivity index (χ0) is 20.5. The highest BCUT2D eigenvalue weighted by Crippen LogP contribution is 2.32. The van der Waals surface area contributed by atoms with E-state index in [9.17, 15) is 19.2 Å². The number of benzene rings is 2. The molecule has 1 saturated heterocycles. The van der Waals surface area contributed by atoms with Gasteiger partial charge in [-0.15, -0.1) is 0 Å². The fourth-order valence-corrected chi connectivity index (χ4v) is 3.75. The van der Waals surface area contributed by atoms with Crippen LogP contribution in [0.15, 0.2) is 42.5 Å². The van der Waals surface area contributed by atoms with E-state index in [0.717, 1.165) is 16.9 Å². The zero-order valence-corrected chi connectivity index (χ0v) is 16.0. The van der Waals surface area contributed by atoms with E-state index < -0.39 is 23.8 Å². The van der Waals surface area contributed by atoms with Gasteiger partial charge in [-0.1, -0.05) is 37.3 Å². The Labute approximate surface area is 168 Å². The maximum absolute atomic E-state index is 13.0. The molecule has 4 amide bonds. The second-order valence-electron chi connectivity index (χ2n) is 7.20. The van der Waals surface area contributed by atoms with Gasteiger partial charge in [-0.2, -0.15) is 0 Å². The number of hydrogen-bond acceptors (Lipinski definition) is 5. The van der Waals surface area contributed by atoms with Crippen LogP contribution in [0.2, 0.25) is 0 Å². The first-order valence-electron chi connectivity index (χ1n) is 9.66. The van der Waals surface area contributed by atoms with E-state index in [4.69, 9.17) is 0 Å². The van der Waals surface area contributed by atoms with Crippen LogP contribution in [0.3, 0.4) is 0 Å². The molecule has 0 aromatic heterocycles. The third-order valence-electron chi connectivity index (χ3n) is 5.38. The molecule has 0 bridgehead atoms. The van der Waals surface area contributed by atoms with Gasteiger partial charge in [0.15, 0.2) is 0 Å². The summed E-state index contributed by atoms with van der Waals surface area (Å²) in [5.74, 6) is -2.01. The summed E-state index contributed by atoms with van der Waals surface area (Å²) in [6, 6.07) is 12.3. The fraction of sp³-hybridized carbons (Fsp3) is 0.273. The van der Waals surface area contributed by atoms with E-state index >= 15 is 0 Å². The van der Waals surface area contributed by atoms with Crippen LogP contribution >= 0.6 is 0 Å². The summed E-state index contributed by atoms with van der Waals surface area (Å²) in [6.07, 6.45) is 1.21. The van der Waals surface area contributed by atoms with Crippen LogP contribution in [0.5, 0.6) is 0 Å². The van der Waals surface area contributed by atoms with Crippen LogP contribution in [0, 0.1) is 0 Å². The number of hydrogen-bond donors (Lipinski definition) is 2. The van der Waals surface area contributed by atoms with Gasteiger partial charge >= 0.3 is 0 Å². The van der Waals surface area contributed by atoms with Crippen molar-refractivity contribution >= 4 is 29.3 Å². The number of carbonyl (C=O) groups is 4. The third-order valence-corrected chi connectivity index (χ3v) is 5.38. The minimum atomic E-state index is -0.963. The largest absolute Gasteiger partial charge is 0.380 e. The van der Waals surface area contributed by atoms with E-state index in [0.29, 0.717) is 12.2 Å². The Morgan fingerprint density at radius 3 is 2.41 bits per heavy atom. The van der Waals surface area contributed by atoms with Crippen molar-refractivity contribution in [1.82, 2.24) is 10.2 Å². The number of nitrogens with zero attached hydrogens (tertiary/aromatic N) is 1. The molecule has 0 aliphatic carbocycles. The zero-order valence-electron chi connectivity index (χ0n) is 16.0. The van der Waals surface area contributed by atoms with Crippen molar-refractivity contribution < 1.29 is 19.2 Å². The molecule has 2 aliphatic heterocycles. The Balaban J connectivity index is 1.57. The van der Waals surface area contributed by atoms with Gasteiger partial charge in [0.2, 0.25) is 11.8 Å². The van der Waals surface area contributed by atoms with Gasteiger partial charge in [0, 0.05) is 18.7 Å². The number of anilines is 1. The molecule has 1 atom stereocenters. The van der Waals surface area contributed by atoms with Gasteiger partial charge in [-0.05, 0) is 36.1 Å².